The second-order valence-electron chi connectivity index (χ2n) is 9.92. The molecule has 6 nitrogen and oxygen atoms in total. The van der Waals surface area contributed by atoms with Crippen molar-refractivity contribution >= 4 is 21.4 Å². The van der Waals surface area contributed by atoms with E-state index >= 15 is 0 Å². The summed E-state index contributed by atoms with van der Waals surface area (Å²) in [5, 5.41) is 3.56. The van der Waals surface area contributed by atoms with E-state index in [4.69, 9.17) is 4.74 Å². The highest BCUT2D eigenvalue weighted by atomic mass is 32.2. The van der Waals surface area contributed by atoms with Gasteiger partial charge >= 0.3 is 0 Å². The molecule has 31 heavy (non-hydrogen) atoms. The van der Waals surface area contributed by atoms with Gasteiger partial charge in [0.2, 0.25) is 10.0 Å². The lowest BCUT2D eigenvalue weighted by atomic mass is 10.0. The van der Waals surface area contributed by atoms with Crippen molar-refractivity contribution in [3.63, 3.8) is 0 Å². The van der Waals surface area contributed by atoms with Gasteiger partial charge in [-0.2, -0.15) is 0 Å². The fourth-order valence-electron chi connectivity index (χ4n) is 3.92. The van der Waals surface area contributed by atoms with Gasteiger partial charge in [0.15, 0.2) is 0 Å². The summed E-state index contributed by atoms with van der Waals surface area (Å²) in [5.41, 5.74) is 5.07. The average Bonchev–Trinajstić information content (AvgIpc) is 2.66. The Hall–Kier alpha value is -1.31. The van der Waals surface area contributed by atoms with E-state index in [9.17, 15) is 8.42 Å². The molecule has 0 amide bonds. The summed E-state index contributed by atoms with van der Waals surface area (Å²) in [6.45, 7) is 18.4. The number of hydrogen-bond donors (Lipinski definition) is 2. The number of nitrogens with zero attached hydrogens (tertiary/aromatic N) is 1. The maximum Gasteiger partial charge on any atom is 0.216 e. The monoisotopic (exact) mass is 453 g/mol. The Bertz CT molecular complexity index is 833. The highest BCUT2D eigenvalue weighted by molar-refractivity contribution is 7.90. The second-order valence-corrected chi connectivity index (χ2v) is 12.4. The van der Waals surface area contributed by atoms with Crippen molar-refractivity contribution in [2.75, 3.05) is 29.9 Å². The Morgan fingerprint density at radius 2 is 1.68 bits per heavy atom. The average molecular weight is 454 g/mol. The van der Waals surface area contributed by atoms with Crippen LogP contribution in [0.5, 0.6) is 0 Å². The summed E-state index contributed by atoms with van der Waals surface area (Å²) in [4.78, 5) is 2.48. The van der Waals surface area contributed by atoms with Crippen molar-refractivity contribution < 1.29 is 13.2 Å². The zero-order chi connectivity index (χ0) is 23.4. The zero-order valence-corrected chi connectivity index (χ0v) is 21.5. The normalized spacial score (nSPS) is 22.6. The molecule has 1 aliphatic rings. The molecule has 0 aliphatic carbocycles. The molecule has 2 N–H and O–H groups in total. The Morgan fingerprint density at radius 3 is 2.32 bits per heavy atom. The topological polar surface area (TPSA) is 70.7 Å². The quantitative estimate of drug-likeness (QED) is 0.535. The number of rotatable bonds is 9. The van der Waals surface area contributed by atoms with Gasteiger partial charge in [-0.05, 0) is 91.5 Å². The molecular weight excluding hydrogens is 410 g/mol. The van der Waals surface area contributed by atoms with Gasteiger partial charge in [0.25, 0.3) is 0 Å². The number of unbranched alkanes of at least 4 members (excludes halogenated alkanes) is 2. The minimum Gasteiger partial charge on any atom is -0.385 e. The Labute approximate surface area is 190 Å². The van der Waals surface area contributed by atoms with Gasteiger partial charge in [-0.3, -0.25) is 0 Å². The van der Waals surface area contributed by atoms with Crippen LogP contribution in [0.3, 0.4) is 0 Å². The van der Waals surface area contributed by atoms with Crippen molar-refractivity contribution in [1.82, 2.24) is 4.72 Å². The lowest BCUT2D eigenvalue weighted by molar-refractivity contribution is -0.0258. The third kappa shape index (κ3) is 6.59. The van der Waals surface area contributed by atoms with E-state index in [0.717, 1.165) is 32.4 Å². The lowest BCUT2D eigenvalue weighted by Crippen LogP contribution is -2.52. The van der Waals surface area contributed by atoms with E-state index in [-0.39, 0.29) is 12.2 Å². The maximum atomic E-state index is 12.1. The molecule has 0 spiro atoms. The first-order valence-electron chi connectivity index (χ1n) is 11.6. The number of sulfonamides is 1. The number of ether oxygens (including phenoxy) is 1. The highest BCUT2D eigenvalue weighted by Gasteiger charge is 2.31. The molecule has 1 aromatic carbocycles. The van der Waals surface area contributed by atoms with Crippen LogP contribution in [0.25, 0.3) is 0 Å². The number of anilines is 2. The molecule has 0 radical (unpaired) electrons. The van der Waals surface area contributed by atoms with Crippen LogP contribution in [-0.4, -0.2) is 51.0 Å². The van der Waals surface area contributed by atoms with Crippen LogP contribution in [0.15, 0.2) is 12.1 Å². The van der Waals surface area contributed by atoms with Gasteiger partial charge in [-0.1, -0.05) is 6.42 Å². The summed E-state index contributed by atoms with van der Waals surface area (Å²) in [6, 6.07) is 4.77. The third-order valence-electron chi connectivity index (χ3n) is 6.41. The summed E-state index contributed by atoms with van der Waals surface area (Å²) >= 11 is 0. The van der Waals surface area contributed by atoms with Gasteiger partial charge in [0.1, 0.15) is 0 Å². The van der Waals surface area contributed by atoms with Crippen LogP contribution in [-0.2, 0) is 14.8 Å². The minimum atomic E-state index is -3.25. The van der Waals surface area contributed by atoms with Gasteiger partial charge in [0.05, 0.1) is 23.0 Å². The van der Waals surface area contributed by atoms with E-state index in [1.54, 1.807) is 20.8 Å². The predicted octanol–water partition coefficient (Wildman–Crippen LogP) is 4.61. The number of nitrogens with one attached hydrogen (secondary N) is 2. The van der Waals surface area contributed by atoms with Crippen molar-refractivity contribution in [1.29, 1.82) is 0 Å². The number of benzene rings is 1. The standard InChI is InChI=1S/C24H43N3O3S/c1-17-16-27(20(4)21(5)30-17)23-13-12-22(18(2)19(23)3)25-14-10-9-11-15-26-31(28,29)24(6,7)8/h12-13,17,20-21,25-26H,9-11,14-16H2,1-8H3/t17-,20?,21+/m0/s1. The van der Waals surface area contributed by atoms with E-state index in [1.807, 2.05) is 0 Å². The molecule has 178 valence electrons. The van der Waals surface area contributed by atoms with Crippen LogP contribution in [0.4, 0.5) is 11.4 Å². The highest BCUT2D eigenvalue weighted by Crippen LogP contribution is 2.32. The molecular formula is C24H43N3O3S. The first kappa shape index (κ1) is 25.9. The van der Waals surface area contributed by atoms with Gasteiger partial charge in [0, 0.05) is 31.0 Å². The first-order chi connectivity index (χ1) is 14.3. The smallest absolute Gasteiger partial charge is 0.216 e. The molecule has 0 aromatic heterocycles. The van der Waals surface area contributed by atoms with E-state index in [0.29, 0.717) is 12.6 Å². The fourth-order valence-corrected chi connectivity index (χ4v) is 4.77. The molecule has 1 aliphatic heterocycles. The molecule has 1 aromatic rings. The van der Waals surface area contributed by atoms with E-state index in [2.05, 4.69) is 61.7 Å². The summed E-state index contributed by atoms with van der Waals surface area (Å²) in [7, 11) is -3.25. The number of hydrogen-bond acceptors (Lipinski definition) is 5. The van der Waals surface area contributed by atoms with Crippen LogP contribution in [0, 0.1) is 13.8 Å². The van der Waals surface area contributed by atoms with Gasteiger partial charge < -0.3 is 15.0 Å². The minimum absolute atomic E-state index is 0.217. The van der Waals surface area contributed by atoms with E-state index in [1.165, 1.54) is 22.5 Å². The largest absolute Gasteiger partial charge is 0.385 e. The molecule has 0 bridgehead atoms. The van der Waals surface area contributed by atoms with E-state index < -0.39 is 14.8 Å². The third-order valence-corrected chi connectivity index (χ3v) is 8.60. The second kappa shape index (κ2) is 10.5. The van der Waals surface area contributed by atoms with Gasteiger partial charge in [-0.25, -0.2) is 13.1 Å². The maximum absolute atomic E-state index is 12.1. The van der Waals surface area contributed by atoms with Crippen LogP contribution in [0.2, 0.25) is 0 Å². The molecule has 1 heterocycles. The molecule has 1 fully saturated rings. The SMILES string of the molecule is Cc1c(NCCCCCNS(=O)(=O)C(C)(C)C)ccc(N2C[C@H](C)O[C@H](C)C2C)c1C. The van der Waals surface area contributed by atoms with Crippen molar-refractivity contribution in [2.45, 2.75) is 97.6 Å². The zero-order valence-electron chi connectivity index (χ0n) is 20.7. The Balaban J connectivity index is 1.84. The first-order valence-corrected chi connectivity index (χ1v) is 13.1. The molecule has 0 saturated carbocycles. The van der Waals surface area contributed by atoms with Crippen LogP contribution >= 0.6 is 0 Å². The summed E-state index contributed by atoms with van der Waals surface area (Å²) < 4.78 is 32.1. The van der Waals surface area contributed by atoms with Crippen LogP contribution in [0.1, 0.15) is 71.9 Å². The molecule has 7 heteroatoms. The number of morpholine rings is 1. The van der Waals surface area contributed by atoms with Gasteiger partial charge in [-0.15, -0.1) is 0 Å². The lowest BCUT2D eigenvalue weighted by Gasteiger charge is -2.43. The Kier molecular flexibility index (Phi) is 8.82. The summed E-state index contributed by atoms with van der Waals surface area (Å²) in [5.74, 6) is 0. The predicted molar refractivity (Wildman–Crippen MR) is 132 cm³/mol. The molecule has 3 atom stereocenters. The van der Waals surface area contributed by atoms with Crippen LogP contribution < -0.4 is 14.9 Å². The van der Waals surface area contributed by atoms with Crippen molar-refractivity contribution in [3.8, 4) is 0 Å². The molecule has 2 rings (SSSR count). The molecule has 1 saturated heterocycles. The molecule has 1 unspecified atom stereocenters. The summed E-state index contributed by atoms with van der Waals surface area (Å²) in [6.07, 6.45) is 3.29. The van der Waals surface area contributed by atoms with Crippen molar-refractivity contribution in [3.05, 3.63) is 23.3 Å². The van der Waals surface area contributed by atoms with Crippen molar-refractivity contribution in [2.24, 2.45) is 0 Å². The fraction of sp³-hybridized carbons (Fsp3) is 0.750. The Morgan fingerprint density at radius 1 is 1.03 bits per heavy atom.